The summed E-state index contributed by atoms with van der Waals surface area (Å²) in [6.45, 7) is 10.6. The fourth-order valence-corrected chi connectivity index (χ4v) is 24.7. The number of rotatable bonds is 33. The van der Waals surface area contributed by atoms with Crippen LogP contribution in [0.3, 0.4) is 0 Å². The van der Waals surface area contributed by atoms with Crippen LogP contribution in [0.5, 0.6) is 11.5 Å². The molecule has 0 heterocycles. The fourth-order valence-electron chi connectivity index (χ4n) is 5.70. The highest BCUT2D eigenvalue weighted by Gasteiger charge is 2.21. The van der Waals surface area contributed by atoms with Crippen LogP contribution in [0.4, 0.5) is 0 Å². The van der Waals surface area contributed by atoms with Gasteiger partial charge >= 0.3 is 17.9 Å². The molecule has 4 aromatic rings. The third-order valence-electron chi connectivity index (χ3n) is 9.95. The minimum atomic E-state index is -0.787. The van der Waals surface area contributed by atoms with Crippen LogP contribution in [0.1, 0.15) is 76.3 Å². The predicted octanol–water partition coefficient (Wildman–Crippen LogP) is 17.4. The first-order chi connectivity index (χ1) is 38.5. The van der Waals surface area contributed by atoms with Crippen molar-refractivity contribution in [1.82, 2.24) is 0 Å². The standard InChI is InChI=1S/C26H32O6S2.C23H26O4S.C3H6O2S.H9P7.H7P5/c1-2-22(26(29)34-24-7-4-3-5-8-24)11-14-25(28)32-19-21-9-12-23(13-10-21)31-15-6-17-33-18-16-30-20-27;1-3-16-26-20-13-10-18(11-14-20)17-27-22(24)15-12-19(4-2)23(25)28-21-8-6-5-7-9-21;4-3(5)1-2-6;1-5-7(4)6(2)3;1-4-5(2)3/h3-5,7-10,12-13,20,22H,2,6,11,14-19H2,1H3;3,5-11,13-14,19H,1,4,12,15-17H2,2H3;6H,1-2H2,(H,4,5);5H,1-4H2;4H,1-3H2/t22-;19-;;;/m00.../s1. The van der Waals surface area contributed by atoms with Crippen molar-refractivity contribution in [1.29, 1.82) is 0 Å². The van der Waals surface area contributed by atoms with Crippen LogP contribution in [0.25, 0.3) is 0 Å². The van der Waals surface area contributed by atoms with Gasteiger partial charge in [0, 0.05) is 46.0 Å². The molecule has 0 amide bonds. The summed E-state index contributed by atoms with van der Waals surface area (Å²) < 4.78 is 26.5. The van der Waals surface area contributed by atoms with Crippen LogP contribution >= 0.6 is 147 Å². The van der Waals surface area contributed by atoms with Crippen molar-refractivity contribution in [2.75, 3.05) is 37.1 Å². The van der Waals surface area contributed by atoms with Gasteiger partial charge in [-0.1, -0.05) is 127 Å². The van der Waals surface area contributed by atoms with Crippen LogP contribution in [-0.2, 0) is 56.2 Å². The lowest BCUT2D eigenvalue weighted by Gasteiger charge is -2.13. The summed E-state index contributed by atoms with van der Waals surface area (Å²) in [5.74, 6) is 1.96. The molecule has 0 fully saturated rings. The highest BCUT2D eigenvalue weighted by molar-refractivity contribution is 8.98. The van der Waals surface area contributed by atoms with Gasteiger partial charge in [0.1, 0.15) is 37.9 Å². The molecule has 4 aromatic carbocycles. The second-order valence-corrected chi connectivity index (χ2v) is 56.0. The van der Waals surface area contributed by atoms with Crippen LogP contribution in [0, 0.1) is 11.8 Å². The molecular formula is C52H80O12P12S4. The first-order valence-electron chi connectivity index (χ1n) is 24.9. The average molecular weight is 1400 g/mol. The second-order valence-electron chi connectivity index (χ2n) is 16.0. The van der Waals surface area contributed by atoms with E-state index in [1.165, 1.54) is 23.5 Å². The Morgan fingerprint density at radius 3 is 1.45 bits per heavy atom. The SMILES string of the molecule is C=CCOc1ccc(COC(=O)CC[C@H](CC)C(=O)Sc2ccccc2)cc1.CC[C@@H](CCC(=O)OCc1ccc(OCCCSCCOC=O)cc1)C(=O)Sc1ccccc1.O=C(O)CCS.PPP(P)P.PPP(P)P(P)P. The number of carbonyl (C=O) groups excluding carboxylic acids is 5. The number of hydrogen-bond acceptors (Lipinski definition) is 15. The van der Waals surface area contributed by atoms with Gasteiger partial charge < -0.3 is 28.8 Å². The van der Waals surface area contributed by atoms with Crippen molar-refractivity contribution in [3.8, 4) is 11.5 Å². The zero-order valence-electron chi connectivity index (χ0n) is 45.2. The van der Waals surface area contributed by atoms with Gasteiger partial charge in [-0.2, -0.15) is 24.4 Å². The number of hydrogen-bond donors (Lipinski definition) is 2. The number of benzene rings is 4. The van der Waals surface area contributed by atoms with Gasteiger partial charge in [0.2, 0.25) is 0 Å². The Labute approximate surface area is 517 Å². The maximum Gasteiger partial charge on any atom is 0.306 e. The van der Waals surface area contributed by atoms with Gasteiger partial charge in [-0.05, 0) is 118 Å². The molecule has 444 valence electrons. The number of esters is 2. The summed E-state index contributed by atoms with van der Waals surface area (Å²) in [5.41, 5.74) is 1.77. The number of aliphatic carboxylic acids is 1. The third kappa shape index (κ3) is 45.3. The quantitative estimate of drug-likeness (QED) is 0.00675. The normalized spacial score (nSPS) is 11.7. The van der Waals surface area contributed by atoms with E-state index in [2.05, 4.69) is 86.4 Å². The third-order valence-corrected chi connectivity index (χ3v) is 55.7. The van der Waals surface area contributed by atoms with E-state index < -0.39 is 5.97 Å². The Kier molecular flexibility index (Phi) is 54.4. The van der Waals surface area contributed by atoms with Gasteiger partial charge in [0.25, 0.3) is 6.47 Å². The number of carboxylic acid groups (broad SMARTS) is 1. The molecule has 0 aliphatic rings. The van der Waals surface area contributed by atoms with E-state index in [4.69, 9.17) is 24.1 Å². The summed E-state index contributed by atoms with van der Waals surface area (Å²) in [4.78, 5) is 70.6. The van der Waals surface area contributed by atoms with Crippen LogP contribution < -0.4 is 9.47 Å². The van der Waals surface area contributed by atoms with Gasteiger partial charge in [0.15, 0.2) is 10.2 Å². The molecule has 1 N–H and O–H groups in total. The molecule has 0 aromatic heterocycles. The maximum atomic E-state index is 12.5. The lowest BCUT2D eigenvalue weighted by atomic mass is 10.0. The minimum absolute atomic E-state index is 0.0857. The second kappa shape index (κ2) is 54.4. The molecule has 0 spiro atoms. The zero-order chi connectivity index (χ0) is 59.8. The average Bonchev–Trinajstić information content (AvgIpc) is 3.46. The molecule has 12 nitrogen and oxygen atoms in total. The monoisotopic (exact) mass is 1400 g/mol. The molecule has 28 heteroatoms. The first-order valence-corrected chi connectivity index (χ1v) is 48.4. The summed E-state index contributed by atoms with van der Waals surface area (Å²) in [5, 5.41) is 8.04. The number of carbonyl (C=O) groups is 6. The molecule has 0 bridgehead atoms. The number of thioether (sulfide) groups is 3. The summed E-state index contributed by atoms with van der Waals surface area (Å²) in [7, 11) is 21.7. The summed E-state index contributed by atoms with van der Waals surface area (Å²) in [6.07, 6.45) is 5.59. The van der Waals surface area contributed by atoms with Gasteiger partial charge in [-0.25, -0.2) is 0 Å². The van der Waals surface area contributed by atoms with E-state index in [0.717, 1.165) is 66.3 Å². The van der Waals surface area contributed by atoms with E-state index >= 15 is 0 Å². The topological polar surface area (TPSA) is 169 Å². The predicted molar refractivity (Wildman–Crippen MR) is 380 cm³/mol. The zero-order valence-corrected chi connectivity index (χ0v) is 61.3. The fraction of sp³-hybridized carbons (Fsp3) is 0.385. The Bertz CT molecular complexity index is 2270. The van der Waals surface area contributed by atoms with Crippen molar-refractivity contribution in [2.24, 2.45) is 11.8 Å². The number of ether oxygens (including phenoxy) is 5. The van der Waals surface area contributed by atoms with Crippen LogP contribution in [-0.4, -0.2) is 76.8 Å². The van der Waals surface area contributed by atoms with Crippen molar-refractivity contribution in [3.05, 3.63) is 133 Å². The Hall–Kier alpha value is -0.000000000000000111. The highest BCUT2D eigenvalue weighted by atomic mass is 33.0. The van der Waals surface area contributed by atoms with Crippen molar-refractivity contribution < 1.29 is 57.6 Å². The van der Waals surface area contributed by atoms with Crippen LogP contribution in [0.15, 0.2) is 132 Å². The Balaban J connectivity index is 0.00000120. The molecule has 80 heavy (non-hydrogen) atoms. The van der Waals surface area contributed by atoms with E-state index in [1.807, 2.05) is 123 Å². The van der Waals surface area contributed by atoms with Gasteiger partial charge in [-0.15, -0.1) is 62.5 Å². The molecule has 0 aliphatic carbocycles. The summed E-state index contributed by atoms with van der Waals surface area (Å²) >= 11 is 7.86. The number of carboxylic acids is 1. The molecule has 0 radical (unpaired) electrons. The van der Waals surface area contributed by atoms with E-state index in [0.29, 0.717) is 57.7 Å². The molecule has 0 aliphatic heterocycles. The van der Waals surface area contributed by atoms with Crippen molar-refractivity contribution >= 4 is 182 Å². The Morgan fingerprint density at radius 1 is 0.662 bits per heavy atom. The molecule has 12 atom stereocenters. The van der Waals surface area contributed by atoms with Crippen molar-refractivity contribution in [3.63, 3.8) is 0 Å². The highest BCUT2D eigenvalue weighted by Crippen LogP contribution is 2.92. The van der Waals surface area contributed by atoms with Crippen molar-refractivity contribution in [2.45, 2.75) is 88.2 Å². The smallest absolute Gasteiger partial charge is 0.306 e. The van der Waals surface area contributed by atoms with Gasteiger partial charge in [-0.3, -0.25) is 28.8 Å². The lowest BCUT2D eigenvalue weighted by molar-refractivity contribution is -0.146. The molecule has 0 saturated heterocycles. The van der Waals surface area contributed by atoms with E-state index in [9.17, 15) is 28.8 Å². The maximum absolute atomic E-state index is 12.5. The molecular weight excluding hydrogens is 1320 g/mol. The molecule has 4 rings (SSSR count). The van der Waals surface area contributed by atoms with Crippen LogP contribution in [0.2, 0.25) is 0 Å². The Morgan fingerprint density at radius 2 is 1.11 bits per heavy atom. The first kappa shape index (κ1) is 80.0. The minimum Gasteiger partial charge on any atom is -0.494 e. The molecule has 0 saturated carbocycles. The number of thiol groups is 1. The molecule has 10 unspecified atom stereocenters. The lowest BCUT2D eigenvalue weighted by Crippen LogP contribution is -2.13. The largest absolute Gasteiger partial charge is 0.494 e. The van der Waals surface area contributed by atoms with E-state index in [-0.39, 0.29) is 87.4 Å². The summed E-state index contributed by atoms with van der Waals surface area (Å²) in [6, 6.07) is 34.0. The van der Waals surface area contributed by atoms with E-state index in [1.54, 1.807) is 17.8 Å². The van der Waals surface area contributed by atoms with Gasteiger partial charge in [0.05, 0.1) is 13.0 Å².